The summed E-state index contributed by atoms with van der Waals surface area (Å²) >= 11 is 6.16. The van der Waals surface area contributed by atoms with Crippen LogP contribution in [0.1, 0.15) is 72.6 Å². The van der Waals surface area contributed by atoms with E-state index in [4.69, 9.17) is 79.5 Å². The molecule has 3 aliphatic rings. The van der Waals surface area contributed by atoms with Crippen LogP contribution in [0.25, 0.3) is 55.6 Å². The molecule has 6 aromatic carbocycles. The number of methoxy groups -OCH3 is 2. The monoisotopic (exact) mass is 1240 g/mol. The number of halogens is 1. The fraction of sp³-hybridized carbons (Fsp3) is 0.274. The molecule has 3 aliphatic heterocycles. The number of nitrogens with zero attached hydrogens (tertiary/aromatic N) is 9. The molecule has 4 N–H and O–H groups in total. The minimum absolute atomic E-state index is 0. The van der Waals surface area contributed by atoms with E-state index in [1.54, 1.807) is 66.7 Å². The van der Waals surface area contributed by atoms with Crippen molar-refractivity contribution in [2.24, 2.45) is 0 Å². The van der Waals surface area contributed by atoms with Crippen molar-refractivity contribution in [2.45, 2.75) is 59.7 Å². The summed E-state index contributed by atoms with van der Waals surface area (Å²) in [5.74, 6) is 4.20. The number of hydrogen-bond acceptors (Lipinski definition) is 23. The van der Waals surface area contributed by atoms with E-state index in [1.165, 1.54) is 20.3 Å². The molecule has 89 heavy (non-hydrogen) atoms. The van der Waals surface area contributed by atoms with E-state index in [-0.39, 0.29) is 79.1 Å². The van der Waals surface area contributed by atoms with Crippen LogP contribution in [0.4, 0.5) is 17.5 Å². The molecular formula is C62H64BClN9NaO15. The standard InChI is InChI=1S/C21H21N3O4.C20H19N3O4.C14H16ClN3O2.C7H7BO4.Na.H2O/c1-12(2)24(3)20-19(13-6-8-17-18(10-13)28-11-27-17)22-15-7-5-14(21(25)26-4)9-16(15)23-20;1-11(2)23(3)19-18(12-5-7-16-17(9-12)27-10-26-16)21-14-6-4-13(20(24)25)8-15(14)22-19;1-8(2)18(3)13-12(15)16-10-6-5-9(14(19)20-4)7-11(10)17-13;9-8(10)5-1-2-6-7(3-5)12-4-11-6;;/h5-10,12H,11H2,1-4H3;4-9,11H,10H2,1-3H3,(H,24,25);5-8H,1-4H3;1-3,9-10H,4H2;;1H2/q;;;;+1;/p-1. The predicted molar refractivity (Wildman–Crippen MR) is 331 cm³/mol. The number of ether oxygens (including phenoxy) is 8. The van der Waals surface area contributed by atoms with Crippen molar-refractivity contribution in [1.82, 2.24) is 29.9 Å². The number of carbonyl (C=O) groups is 3. The first kappa shape index (κ1) is 67.7. The third-order valence-electron chi connectivity index (χ3n) is 14.3. The van der Waals surface area contributed by atoms with E-state index in [1.807, 2.05) is 81.2 Å². The molecule has 0 amide bonds. The van der Waals surface area contributed by atoms with Gasteiger partial charge in [-0.2, -0.15) is 0 Å². The van der Waals surface area contributed by atoms with Crippen LogP contribution in [0.5, 0.6) is 34.5 Å². The quantitative estimate of drug-likeness (QED) is 0.0924. The first-order chi connectivity index (χ1) is 41.6. The first-order valence-corrected chi connectivity index (χ1v) is 27.8. The van der Waals surface area contributed by atoms with Crippen LogP contribution in [0.15, 0.2) is 109 Å². The van der Waals surface area contributed by atoms with Gasteiger partial charge in [0.15, 0.2) is 57.1 Å². The van der Waals surface area contributed by atoms with E-state index in [0.29, 0.717) is 101 Å². The number of carboxylic acids is 1. The number of benzene rings is 6. The molecule has 0 saturated carbocycles. The number of carboxylic acid groups (broad SMARTS) is 1. The molecule has 0 fully saturated rings. The largest absolute Gasteiger partial charge is 1.00 e. The Bertz CT molecular complexity index is 4070. The molecule has 0 spiro atoms. The van der Waals surface area contributed by atoms with E-state index in [0.717, 1.165) is 28.4 Å². The molecule has 0 atom stereocenters. The van der Waals surface area contributed by atoms with Gasteiger partial charge in [-0.3, -0.25) is 0 Å². The maximum atomic E-state index is 11.9. The second-order valence-electron chi connectivity index (χ2n) is 20.8. The van der Waals surface area contributed by atoms with Crippen molar-refractivity contribution >= 4 is 92.6 Å². The third kappa shape index (κ3) is 15.4. The van der Waals surface area contributed by atoms with E-state index < -0.39 is 25.0 Å². The Kier molecular flexibility index (Phi) is 22.4. The van der Waals surface area contributed by atoms with Gasteiger partial charge in [0.05, 0.1) is 64.0 Å². The number of anilines is 3. The van der Waals surface area contributed by atoms with E-state index in [2.05, 4.69) is 42.6 Å². The molecular weight excluding hydrogens is 1180 g/mol. The van der Waals surface area contributed by atoms with Crippen LogP contribution < -0.4 is 78.1 Å². The average Bonchev–Trinajstić information content (AvgIpc) is 3.45. The molecule has 0 unspecified atom stereocenters. The average molecular weight is 1240 g/mol. The van der Waals surface area contributed by atoms with Crippen molar-refractivity contribution in [3.05, 3.63) is 131 Å². The van der Waals surface area contributed by atoms with Crippen molar-refractivity contribution in [2.75, 3.05) is 70.4 Å². The number of esters is 2. The van der Waals surface area contributed by atoms with Crippen molar-refractivity contribution in [3.8, 4) is 57.0 Å². The molecule has 12 rings (SSSR count). The second-order valence-corrected chi connectivity index (χ2v) is 21.1. The Morgan fingerprint density at radius 3 is 1.21 bits per heavy atom. The smallest absolute Gasteiger partial charge is 0.870 e. The van der Waals surface area contributed by atoms with Gasteiger partial charge in [0, 0.05) is 50.4 Å². The van der Waals surface area contributed by atoms with Crippen LogP contribution in [0.3, 0.4) is 0 Å². The molecule has 9 aromatic rings. The van der Waals surface area contributed by atoms with Crippen LogP contribution in [0.2, 0.25) is 5.15 Å². The number of aromatic carboxylic acids is 1. The summed E-state index contributed by atoms with van der Waals surface area (Å²) in [7, 11) is 7.06. The topological polar surface area (TPSA) is 303 Å². The maximum Gasteiger partial charge on any atom is 1.00 e. The Labute approximate surface area is 540 Å². The second kappa shape index (κ2) is 29.5. The van der Waals surface area contributed by atoms with Crippen LogP contribution >= 0.6 is 11.6 Å². The van der Waals surface area contributed by atoms with Gasteiger partial charge in [-0.1, -0.05) is 17.7 Å². The van der Waals surface area contributed by atoms with Crippen LogP contribution in [-0.4, -0.2) is 149 Å². The Morgan fingerprint density at radius 1 is 0.472 bits per heavy atom. The molecule has 6 heterocycles. The molecule has 0 bridgehead atoms. The fourth-order valence-corrected chi connectivity index (χ4v) is 9.00. The molecule has 3 aromatic heterocycles. The Balaban J connectivity index is 0.000000174. The van der Waals surface area contributed by atoms with Gasteiger partial charge in [-0.25, -0.2) is 44.3 Å². The summed E-state index contributed by atoms with van der Waals surface area (Å²) in [6, 6.07) is 31.8. The predicted octanol–water partition coefficient (Wildman–Crippen LogP) is 6.06. The van der Waals surface area contributed by atoms with Gasteiger partial charge >= 0.3 is 54.6 Å². The van der Waals surface area contributed by atoms with E-state index >= 15 is 0 Å². The number of carbonyl (C=O) groups excluding carboxylic acids is 2. The maximum absolute atomic E-state index is 11.9. The zero-order valence-electron chi connectivity index (χ0n) is 51.0. The SMILES string of the molecule is CC(C)N(C)c1nc2cc(C(=O)O)ccc2nc1-c1ccc2c(c1)OCO2.COC(=O)c1ccc2nc(-c3ccc4c(c3)OCO4)c(N(C)C(C)C)nc2c1.COC(=O)c1ccc2nc(Cl)c(N(C)C(C)C)nc2c1.OB(O)c1ccc2c(c1)OCO2.[Na+].[OH-]. The summed E-state index contributed by atoms with van der Waals surface area (Å²) in [4.78, 5) is 68.7. The zero-order chi connectivity index (χ0) is 62.4. The Morgan fingerprint density at radius 2 is 0.820 bits per heavy atom. The summed E-state index contributed by atoms with van der Waals surface area (Å²) in [5, 5.41) is 27.2. The molecule has 458 valence electrons. The van der Waals surface area contributed by atoms with Gasteiger partial charge < -0.3 is 73.2 Å². The van der Waals surface area contributed by atoms with Crippen LogP contribution in [-0.2, 0) is 9.47 Å². The van der Waals surface area contributed by atoms with Gasteiger partial charge in [-0.15, -0.1) is 0 Å². The number of aromatic nitrogens is 6. The summed E-state index contributed by atoms with van der Waals surface area (Å²) in [5.41, 5.74) is 8.43. The molecule has 0 aliphatic carbocycles. The molecule has 0 saturated heterocycles. The van der Waals surface area contributed by atoms with Gasteiger partial charge in [0.1, 0.15) is 11.4 Å². The summed E-state index contributed by atoms with van der Waals surface area (Å²) in [6.45, 7) is 13.0. The minimum Gasteiger partial charge on any atom is -0.870 e. The molecule has 0 radical (unpaired) electrons. The van der Waals surface area contributed by atoms with Gasteiger partial charge in [0.25, 0.3) is 0 Å². The normalized spacial score (nSPS) is 12.0. The van der Waals surface area contributed by atoms with Gasteiger partial charge in [0.2, 0.25) is 20.4 Å². The number of hydrogen-bond donors (Lipinski definition) is 3. The number of rotatable bonds is 12. The fourth-order valence-electron chi connectivity index (χ4n) is 8.73. The van der Waals surface area contributed by atoms with Gasteiger partial charge in [-0.05, 0) is 150 Å². The van der Waals surface area contributed by atoms with Crippen molar-refractivity contribution < 1.29 is 102 Å². The first-order valence-electron chi connectivity index (χ1n) is 27.4. The summed E-state index contributed by atoms with van der Waals surface area (Å²) < 4.78 is 41.4. The van der Waals surface area contributed by atoms with Crippen LogP contribution in [0, 0.1) is 0 Å². The molecule has 24 nitrogen and oxygen atoms in total. The van der Waals surface area contributed by atoms with Crippen molar-refractivity contribution in [1.29, 1.82) is 0 Å². The third-order valence-corrected chi connectivity index (χ3v) is 14.6. The molecule has 27 heteroatoms. The van der Waals surface area contributed by atoms with Crippen molar-refractivity contribution in [3.63, 3.8) is 0 Å². The zero-order valence-corrected chi connectivity index (χ0v) is 53.8. The minimum atomic E-state index is -1.46. The number of fused-ring (bicyclic) bond motifs is 6. The Hall–Kier alpha value is -8.82. The van der Waals surface area contributed by atoms with E-state index in [9.17, 15) is 19.5 Å². The summed E-state index contributed by atoms with van der Waals surface area (Å²) in [6.07, 6.45) is 0.